The molecule has 4 heteroatoms. The highest BCUT2D eigenvalue weighted by molar-refractivity contribution is 6.02. The Balaban J connectivity index is 1.91. The smallest absolute Gasteiger partial charge is 0.251 e. The Hall–Kier alpha value is -2.88. The molecule has 0 aliphatic rings. The first kappa shape index (κ1) is 16.5. The Kier molecular flexibility index (Phi) is 6.12. The second-order valence-corrected chi connectivity index (χ2v) is 5.07. The van der Waals surface area contributed by atoms with Gasteiger partial charge >= 0.3 is 0 Å². The normalized spacial score (nSPS) is 10.5. The highest BCUT2D eigenvalue weighted by atomic mass is 16.2. The van der Waals surface area contributed by atoms with Gasteiger partial charge in [0.1, 0.15) is 0 Å². The summed E-state index contributed by atoms with van der Waals surface area (Å²) >= 11 is 0. The standard InChI is InChI=1S/C19H20N2O2/c1-2-14-20-19(23)16-9-11-17(12-10-16)21-18(22)13-8-15-6-4-3-5-7-15/h3-13H,2,14H2,1H3,(H,20,23)(H,21,22)/b13-8+. The van der Waals surface area contributed by atoms with E-state index in [2.05, 4.69) is 10.6 Å². The van der Waals surface area contributed by atoms with Crippen molar-refractivity contribution < 1.29 is 9.59 Å². The molecule has 2 aromatic carbocycles. The molecule has 0 spiro atoms. The summed E-state index contributed by atoms with van der Waals surface area (Å²) in [5.74, 6) is -0.314. The molecule has 0 unspecified atom stereocenters. The number of anilines is 1. The molecule has 0 saturated heterocycles. The van der Waals surface area contributed by atoms with E-state index in [4.69, 9.17) is 0 Å². The minimum Gasteiger partial charge on any atom is -0.352 e. The molecular formula is C19H20N2O2. The van der Waals surface area contributed by atoms with Gasteiger partial charge < -0.3 is 10.6 Å². The third kappa shape index (κ3) is 5.43. The second kappa shape index (κ2) is 8.54. The molecule has 23 heavy (non-hydrogen) atoms. The molecule has 0 aromatic heterocycles. The fourth-order valence-electron chi connectivity index (χ4n) is 1.97. The molecule has 0 saturated carbocycles. The molecule has 0 aliphatic carbocycles. The van der Waals surface area contributed by atoms with Gasteiger partial charge in [-0.05, 0) is 42.3 Å². The van der Waals surface area contributed by atoms with Crippen LogP contribution in [0.5, 0.6) is 0 Å². The number of hydrogen-bond acceptors (Lipinski definition) is 2. The van der Waals surface area contributed by atoms with Crippen LogP contribution in [0.2, 0.25) is 0 Å². The van der Waals surface area contributed by atoms with E-state index in [0.717, 1.165) is 12.0 Å². The molecule has 2 rings (SSSR count). The summed E-state index contributed by atoms with van der Waals surface area (Å²) in [7, 11) is 0. The number of benzene rings is 2. The van der Waals surface area contributed by atoms with Crippen LogP contribution in [-0.4, -0.2) is 18.4 Å². The Morgan fingerprint density at radius 2 is 1.70 bits per heavy atom. The minimum atomic E-state index is -0.211. The summed E-state index contributed by atoms with van der Waals surface area (Å²) < 4.78 is 0. The van der Waals surface area contributed by atoms with Crippen LogP contribution >= 0.6 is 0 Å². The molecule has 0 bridgehead atoms. The molecule has 0 atom stereocenters. The Labute approximate surface area is 136 Å². The van der Waals surface area contributed by atoms with Gasteiger partial charge in [-0.25, -0.2) is 0 Å². The van der Waals surface area contributed by atoms with Crippen LogP contribution in [0.4, 0.5) is 5.69 Å². The maximum absolute atomic E-state index is 11.9. The van der Waals surface area contributed by atoms with Gasteiger partial charge in [-0.1, -0.05) is 37.3 Å². The van der Waals surface area contributed by atoms with Crippen LogP contribution < -0.4 is 10.6 Å². The molecule has 0 fully saturated rings. The molecule has 118 valence electrons. The highest BCUT2D eigenvalue weighted by Gasteiger charge is 2.04. The number of carbonyl (C=O) groups excluding carboxylic acids is 2. The van der Waals surface area contributed by atoms with Gasteiger partial charge in [0.15, 0.2) is 0 Å². The molecule has 4 nitrogen and oxygen atoms in total. The number of nitrogens with one attached hydrogen (secondary N) is 2. The number of hydrogen-bond donors (Lipinski definition) is 2. The lowest BCUT2D eigenvalue weighted by atomic mass is 10.2. The lowest BCUT2D eigenvalue weighted by Crippen LogP contribution is -2.23. The molecule has 0 radical (unpaired) electrons. The van der Waals surface area contributed by atoms with E-state index >= 15 is 0 Å². The zero-order valence-electron chi connectivity index (χ0n) is 13.1. The summed E-state index contributed by atoms with van der Waals surface area (Å²) in [6.07, 6.45) is 4.13. The Morgan fingerprint density at radius 3 is 2.35 bits per heavy atom. The summed E-state index contributed by atoms with van der Waals surface area (Å²) in [4.78, 5) is 23.7. The van der Waals surface area contributed by atoms with Crippen molar-refractivity contribution >= 4 is 23.6 Å². The van der Waals surface area contributed by atoms with E-state index in [0.29, 0.717) is 17.8 Å². The Morgan fingerprint density at radius 1 is 1.00 bits per heavy atom. The molecular weight excluding hydrogens is 288 g/mol. The largest absolute Gasteiger partial charge is 0.352 e. The lowest BCUT2D eigenvalue weighted by molar-refractivity contribution is -0.111. The van der Waals surface area contributed by atoms with E-state index in [-0.39, 0.29) is 11.8 Å². The quantitative estimate of drug-likeness (QED) is 0.803. The fourth-order valence-corrected chi connectivity index (χ4v) is 1.97. The average molecular weight is 308 g/mol. The van der Waals surface area contributed by atoms with Crippen LogP contribution in [0.1, 0.15) is 29.3 Å². The van der Waals surface area contributed by atoms with Gasteiger partial charge in [-0.3, -0.25) is 9.59 Å². The van der Waals surface area contributed by atoms with Crippen molar-refractivity contribution in [1.82, 2.24) is 5.32 Å². The van der Waals surface area contributed by atoms with Crippen LogP contribution in [0.15, 0.2) is 60.7 Å². The molecule has 0 aliphatic heterocycles. The molecule has 0 heterocycles. The summed E-state index contributed by atoms with van der Waals surface area (Å²) in [6.45, 7) is 2.66. The number of amides is 2. The highest BCUT2D eigenvalue weighted by Crippen LogP contribution is 2.10. The van der Waals surface area contributed by atoms with Crippen LogP contribution in [0, 0.1) is 0 Å². The molecule has 2 amide bonds. The number of carbonyl (C=O) groups is 2. The van der Waals surface area contributed by atoms with E-state index in [1.165, 1.54) is 6.08 Å². The van der Waals surface area contributed by atoms with Crippen LogP contribution in [-0.2, 0) is 4.79 Å². The third-order valence-electron chi connectivity index (χ3n) is 3.18. The van der Waals surface area contributed by atoms with Crippen molar-refractivity contribution in [1.29, 1.82) is 0 Å². The Bertz CT molecular complexity index is 676. The van der Waals surface area contributed by atoms with Gasteiger partial charge in [0.2, 0.25) is 5.91 Å². The summed E-state index contributed by atoms with van der Waals surface area (Å²) in [5, 5.41) is 5.57. The van der Waals surface area contributed by atoms with Crippen molar-refractivity contribution in [3.8, 4) is 0 Å². The summed E-state index contributed by atoms with van der Waals surface area (Å²) in [6, 6.07) is 16.4. The predicted molar refractivity (Wildman–Crippen MR) is 93.2 cm³/mol. The van der Waals surface area contributed by atoms with Crippen molar-refractivity contribution in [2.75, 3.05) is 11.9 Å². The first-order chi connectivity index (χ1) is 11.2. The van der Waals surface area contributed by atoms with Gasteiger partial charge in [0, 0.05) is 23.9 Å². The topological polar surface area (TPSA) is 58.2 Å². The lowest BCUT2D eigenvalue weighted by Gasteiger charge is -2.05. The van der Waals surface area contributed by atoms with Crippen molar-refractivity contribution in [2.24, 2.45) is 0 Å². The van der Waals surface area contributed by atoms with Gasteiger partial charge in [0.25, 0.3) is 5.91 Å². The second-order valence-electron chi connectivity index (χ2n) is 5.07. The first-order valence-electron chi connectivity index (χ1n) is 7.61. The summed E-state index contributed by atoms with van der Waals surface area (Å²) in [5.41, 5.74) is 2.20. The van der Waals surface area contributed by atoms with Gasteiger partial charge in [-0.15, -0.1) is 0 Å². The fraction of sp³-hybridized carbons (Fsp3) is 0.158. The van der Waals surface area contributed by atoms with Gasteiger partial charge in [-0.2, -0.15) is 0 Å². The first-order valence-corrected chi connectivity index (χ1v) is 7.61. The zero-order chi connectivity index (χ0) is 16.5. The predicted octanol–water partition coefficient (Wildman–Crippen LogP) is 3.48. The van der Waals surface area contributed by atoms with E-state index in [9.17, 15) is 9.59 Å². The van der Waals surface area contributed by atoms with Gasteiger partial charge in [0.05, 0.1) is 0 Å². The SMILES string of the molecule is CCCNC(=O)c1ccc(NC(=O)/C=C/c2ccccc2)cc1. The minimum absolute atomic E-state index is 0.103. The monoisotopic (exact) mass is 308 g/mol. The average Bonchev–Trinajstić information content (AvgIpc) is 2.59. The van der Waals surface area contributed by atoms with Crippen LogP contribution in [0.3, 0.4) is 0 Å². The van der Waals surface area contributed by atoms with Crippen molar-refractivity contribution in [3.63, 3.8) is 0 Å². The van der Waals surface area contributed by atoms with Crippen LogP contribution in [0.25, 0.3) is 6.08 Å². The van der Waals surface area contributed by atoms with Crippen molar-refractivity contribution in [3.05, 3.63) is 71.8 Å². The maximum Gasteiger partial charge on any atom is 0.251 e. The van der Waals surface area contributed by atoms with E-state index in [1.54, 1.807) is 30.3 Å². The van der Waals surface area contributed by atoms with E-state index in [1.807, 2.05) is 37.3 Å². The van der Waals surface area contributed by atoms with E-state index < -0.39 is 0 Å². The molecule has 2 N–H and O–H groups in total. The zero-order valence-corrected chi connectivity index (χ0v) is 13.1. The van der Waals surface area contributed by atoms with Crippen molar-refractivity contribution in [2.45, 2.75) is 13.3 Å². The molecule has 2 aromatic rings. The number of rotatable bonds is 6. The third-order valence-corrected chi connectivity index (χ3v) is 3.18. The maximum atomic E-state index is 11.9.